The van der Waals surface area contributed by atoms with E-state index in [4.69, 9.17) is 9.47 Å². The third-order valence-corrected chi connectivity index (χ3v) is 7.40. The number of fused-ring (bicyclic) bond motifs is 1. The second kappa shape index (κ2) is 10.8. The molecule has 0 saturated heterocycles. The van der Waals surface area contributed by atoms with Gasteiger partial charge in [0, 0.05) is 41.3 Å². The van der Waals surface area contributed by atoms with Gasteiger partial charge in [-0.25, -0.2) is 8.91 Å². The summed E-state index contributed by atoms with van der Waals surface area (Å²) in [5.74, 6) is 0.234. The first-order chi connectivity index (χ1) is 19.4. The molecule has 2 saturated carbocycles. The zero-order chi connectivity index (χ0) is 27.8. The number of benzene rings is 1. The molecule has 3 aromatic heterocycles. The molecule has 0 bridgehead atoms. The lowest BCUT2D eigenvalue weighted by Gasteiger charge is -2.27. The van der Waals surface area contributed by atoms with E-state index in [9.17, 15) is 14.3 Å². The molecule has 0 radical (unpaired) electrons. The van der Waals surface area contributed by atoms with Gasteiger partial charge in [-0.3, -0.25) is 9.78 Å². The number of methoxy groups -OCH3 is 1. The number of nitrogens with one attached hydrogen (secondary N) is 2. The fraction of sp³-hybridized carbons (Fsp3) is 0.367. The van der Waals surface area contributed by atoms with E-state index in [0.29, 0.717) is 17.3 Å². The first-order valence-electron chi connectivity index (χ1n) is 13.6. The minimum absolute atomic E-state index is 0.0460. The molecule has 2 aliphatic rings. The smallest absolute Gasteiger partial charge is 0.258 e. The van der Waals surface area contributed by atoms with Crippen LogP contribution in [0.1, 0.15) is 54.6 Å². The number of rotatable bonds is 8. The zero-order valence-electron chi connectivity index (χ0n) is 22.5. The van der Waals surface area contributed by atoms with Crippen LogP contribution in [0.2, 0.25) is 0 Å². The van der Waals surface area contributed by atoms with Crippen molar-refractivity contribution in [3.05, 3.63) is 65.9 Å². The van der Waals surface area contributed by atoms with E-state index >= 15 is 0 Å². The summed E-state index contributed by atoms with van der Waals surface area (Å²) >= 11 is 0. The molecule has 3 N–H and O–H groups in total. The molecular weight excluding hydrogens is 513 g/mol. The van der Waals surface area contributed by atoms with Gasteiger partial charge in [-0.15, -0.1) is 0 Å². The lowest BCUT2D eigenvalue weighted by Crippen LogP contribution is -2.26. The quantitative estimate of drug-likeness (QED) is 0.280. The van der Waals surface area contributed by atoms with Crippen LogP contribution >= 0.6 is 0 Å². The number of aliphatic hydroxyl groups excluding tert-OH is 1. The van der Waals surface area contributed by atoms with Gasteiger partial charge in [-0.1, -0.05) is 0 Å². The van der Waals surface area contributed by atoms with Crippen molar-refractivity contribution in [2.45, 2.75) is 63.7 Å². The molecule has 9 nitrogen and oxygen atoms in total. The molecule has 2 fully saturated rings. The van der Waals surface area contributed by atoms with Crippen LogP contribution in [0.25, 0.3) is 16.6 Å². The zero-order valence-corrected chi connectivity index (χ0v) is 22.5. The Hall–Kier alpha value is -4.18. The summed E-state index contributed by atoms with van der Waals surface area (Å²) in [6, 6.07) is 10.8. The fourth-order valence-corrected chi connectivity index (χ4v) is 5.10. The number of halogens is 1. The number of carbonyl (C=O) groups excluding carboxylic acids is 1. The maximum atomic E-state index is 15.0. The summed E-state index contributed by atoms with van der Waals surface area (Å²) in [5.41, 5.74) is 3.91. The summed E-state index contributed by atoms with van der Waals surface area (Å²) in [6.45, 7) is 1.94. The summed E-state index contributed by atoms with van der Waals surface area (Å²) < 4.78 is 28.4. The van der Waals surface area contributed by atoms with Gasteiger partial charge in [0.05, 0.1) is 31.0 Å². The second-order valence-electron chi connectivity index (χ2n) is 10.6. The highest BCUT2D eigenvalue weighted by Crippen LogP contribution is 2.35. The van der Waals surface area contributed by atoms with Gasteiger partial charge >= 0.3 is 0 Å². The molecule has 0 unspecified atom stereocenters. The van der Waals surface area contributed by atoms with Gasteiger partial charge in [0.25, 0.3) is 5.91 Å². The third kappa shape index (κ3) is 5.58. The molecule has 0 spiro atoms. The number of ether oxygens (including phenoxy) is 2. The number of nitrogens with zero attached hydrogens (tertiary/aromatic N) is 3. The van der Waals surface area contributed by atoms with E-state index in [0.717, 1.165) is 60.9 Å². The molecule has 0 aliphatic heterocycles. The van der Waals surface area contributed by atoms with Crippen LogP contribution in [0.15, 0.2) is 48.8 Å². The number of carbonyl (C=O) groups is 1. The summed E-state index contributed by atoms with van der Waals surface area (Å²) in [5, 5.41) is 20.3. The standard InChI is InChI=1S/C30H32FN5O4/c1-17-11-24(27(16-32-17)40-23-7-5-22(37)6-8-23)18-9-10-36-21(12-18)15-28(35-36)33-20-13-25(31)29(26(14-20)39-2)30(38)34-19-3-4-19/h9-16,19,22-23,37H,3-8H2,1-2H3,(H,33,35)(H,34,38). The Bertz CT molecular complexity index is 1560. The topological polar surface area (TPSA) is 110 Å². The number of amides is 1. The van der Waals surface area contributed by atoms with Crippen molar-refractivity contribution in [2.75, 3.05) is 12.4 Å². The maximum Gasteiger partial charge on any atom is 0.258 e. The van der Waals surface area contributed by atoms with E-state index < -0.39 is 11.7 Å². The molecule has 208 valence electrons. The van der Waals surface area contributed by atoms with Crippen molar-refractivity contribution in [1.29, 1.82) is 0 Å². The Morgan fingerprint density at radius 1 is 1.07 bits per heavy atom. The monoisotopic (exact) mass is 545 g/mol. The van der Waals surface area contributed by atoms with E-state index in [-0.39, 0.29) is 29.6 Å². The van der Waals surface area contributed by atoms with Gasteiger partial charge in [0.1, 0.15) is 22.9 Å². The molecule has 1 aromatic carbocycles. The highest BCUT2D eigenvalue weighted by molar-refractivity contribution is 5.98. The fourth-order valence-electron chi connectivity index (χ4n) is 5.10. The van der Waals surface area contributed by atoms with Crippen LogP contribution in [0, 0.1) is 12.7 Å². The number of anilines is 2. The molecule has 1 amide bonds. The molecule has 40 heavy (non-hydrogen) atoms. The number of aromatic nitrogens is 3. The first-order valence-corrected chi connectivity index (χ1v) is 13.6. The predicted octanol–water partition coefficient (Wildman–Crippen LogP) is 5.17. The second-order valence-corrected chi connectivity index (χ2v) is 10.6. The molecule has 2 aliphatic carbocycles. The Balaban J connectivity index is 1.25. The number of hydrogen-bond donors (Lipinski definition) is 3. The summed E-state index contributed by atoms with van der Waals surface area (Å²) in [7, 11) is 1.41. The normalized spacial score (nSPS) is 18.9. The van der Waals surface area contributed by atoms with Crippen molar-refractivity contribution in [2.24, 2.45) is 0 Å². The minimum atomic E-state index is -0.667. The first kappa shape index (κ1) is 26.1. The van der Waals surface area contributed by atoms with E-state index in [1.165, 1.54) is 13.2 Å². The SMILES string of the molecule is COc1cc(Nc2cc3cc(-c4cc(C)ncc4OC4CCC(O)CC4)ccn3n2)cc(F)c1C(=O)NC1CC1. The van der Waals surface area contributed by atoms with Crippen molar-refractivity contribution in [1.82, 2.24) is 19.9 Å². The van der Waals surface area contributed by atoms with Gasteiger partial charge < -0.3 is 25.2 Å². The van der Waals surface area contributed by atoms with Gasteiger partial charge in [-0.2, -0.15) is 5.10 Å². The van der Waals surface area contributed by atoms with Crippen molar-refractivity contribution >= 4 is 22.9 Å². The molecule has 0 atom stereocenters. The summed E-state index contributed by atoms with van der Waals surface area (Å²) in [6.07, 6.45) is 8.34. The average Bonchev–Trinajstić information content (AvgIpc) is 3.66. The Labute approximate surface area is 231 Å². The number of hydrogen-bond acceptors (Lipinski definition) is 7. The minimum Gasteiger partial charge on any atom is -0.496 e. The summed E-state index contributed by atoms with van der Waals surface area (Å²) in [4.78, 5) is 17.0. The number of aliphatic hydroxyl groups is 1. The highest BCUT2D eigenvalue weighted by Gasteiger charge is 2.27. The lowest BCUT2D eigenvalue weighted by atomic mass is 9.95. The Kier molecular flexibility index (Phi) is 7.02. The van der Waals surface area contributed by atoms with Crippen molar-refractivity contribution in [3.8, 4) is 22.6 Å². The number of pyridine rings is 2. The van der Waals surface area contributed by atoms with E-state index in [2.05, 4.69) is 20.7 Å². The predicted molar refractivity (Wildman–Crippen MR) is 149 cm³/mol. The van der Waals surface area contributed by atoms with Crippen LogP contribution < -0.4 is 20.1 Å². The highest BCUT2D eigenvalue weighted by atomic mass is 19.1. The number of aryl methyl sites for hydroxylation is 1. The molecule has 10 heteroatoms. The van der Waals surface area contributed by atoms with Crippen LogP contribution in [0.3, 0.4) is 0 Å². The van der Waals surface area contributed by atoms with E-state index in [1.54, 1.807) is 16.8 Å². The maximum absolute atomic E-state index is 15.0. The van der Waals surface area contributed by atoms with E-state index in [1.807, 2.05) is 37.4 Å². The largest absolute Gasteiger partial charge is 0.496 e. The van der Waals surface area contributed by atoms with Gasteiger partial charge in [-0.05, 0) is 75.3 Å². The van der Waals surface area contributed by atoms with Crippen LogP contribution in [0.5, 0.6) is 11.5 Å². The van der Waals surface area contributed by atoms with Crippen LogP contribution in [-0.4, -0.2) is 51.0 Å². The molecular formula is C30H32FN5O4. The average molecular weight is 546 g/mol. The van der Waals surface area contributed by atoms with Gasteiger partial charge in [0.2, 0.25) is 0 Å². The van der Waals surface area contributed by atoms with Gasteiger partial charge in [0.15, 0.2) is 5.82 Å². The van der Waals surface area contributed by atoms with Crippen LogP contribution in [0.4, 0.5) is 15.9 Å². The van der Waals surface area contributed by atoms with Crippen molar-refractivity contribution in [3.63, 3.8) is 0 Å². The molecule has 3 heterocycles. The molecule has 4 aromatic rings. The third-order valence-electron chi connectivity index (χ3n) is 7.40. The lowest BCUT2D eigenvalue weighted by molar-refractivity contribution is 0.0667. The Morgan fingerprint density at radius 2 is 1.88 bits per heavy atom. The molecule has 6 rings (SSSR count). The van der Waals surface area contributed by atoms with Crippen LogP contribution in [-0.2, 0) is 0 Å². The Morgan fingerprint density at radius 3 is 2.62 bits per heavy atom. The van der Waals surface area contributed by atoms with Crippen molar-refractivity contribution < 1.29 is 23.8 Å².